The highest BCUT2D eigenvalue weighted by atomic mass is 32.2. The number of nitrogens with zero attached hydrogens (tertiary/aromatic N) is 1. The molecular formula is C27H31FN2O4S. The van der Waals surface area contributed by atoms with E-state index in [0.29, 0.717) is 24.3 Å². The Morgan fingerprint density at radius 1 is 1.00 bits per heavy atom. The first kappa shape index (κ1) is 26.2. The zero-order valence-corrected chi connectivity index (χ0v) is 21.2. The van der Waals surface area contributed by atoms with Crippen molar-refractivity contribution in [3.63, 3.8) is 0 Å². The fourth-order valence-corrected chi connectivity index (χ4v) is 4.33. The minimum atomic E-state index is -3.63. The lowest BCUT2D eigenvalue weighted by Crippen LogP contribution is -2.29. The van der Waals surface area contributed by atoms with Gasteiger partial charge < -0.3 is 10.1 Å². The van der Waals surface area contributed by atoms with Crippen LogP contribution in [0, 0.1) is 5.82 Å². The number of anilines is 1. The zero-order chi connectivity index (χ0) is 25.6. The second-order valence-electron chi connectivity index (χ2n) is 9.33. The van der Waals surface area contributed by atoms with Gasteiger partial charge in [0.15, 0.2) is 0 Å². The summed E-state index contributed by atoms with van der Waals surface area (Å²) in [5.41, 5.74) is 2.64. The van der Waals surface area contributed by atoms with Crippen molar-refractivity contribution in [2.45, 2.75) is 32.7 Å². The molecule has 0 aliphatic heterocycles. The van der Waals surface area contributed by atoms with Crippen molar-refractivity contribution in [1.29, 1.82) is 0 Å². The van der Waals surface area contributed by atoms with E-state index in [-0.39, 0.29) is 23.6 Å². The Hall–Kier alpha value is -3.39. The normalized spacial score (nSPS) is 11.7. The van der Waals surface area contributed by atoms with E-state index >= 15 is 0 Å². The Morgan fingerprint density at radius 3 is 2.23 bits per heavy atom. The van der Waals surface area contributed by atoms with E-state index in [1.54, 1.807) is 24.3 Å². The highest BCUT2D eigenvalue weighted by molar-refractivity contribution is 7.92. The van der Waals surface area contributed by atoms with Gasteiger partial charge in [0.05, 0.1) is 25.0 Å². The summed E-state index contributed by atoms with van der Waals surface area (Å²) in [5, 5.41) is 2.81. The average Bonchev–Trinajstić information content (AvgIpc) is 2.79. The lowest BCUT2D eigenvalue weighted by atomic mass is 9.87. The van der Waals surface area contributed by atoms with Gasteiger partial charge in [0, 0.05) is 5.56 Å². The molecule has 0 unspecified atom stereocenters. The molecule has 0 atom stereocenters. The molecule has 3 rings (SSSR count). The third-order valence-corrected chi connectivity index (χ3v) is 6.56. The fraction of sp³-hybridized carbons (Fsp3) is 0.296. The van der Waals surface area contributed by atoms with E-state index in [4.69, 9.17) is 4.74 Å². The largest absolute Gasteiger partial charge is 0.492 e. The molecule has 0 heterocycles. The summed E-state index contributed by atoms with van der Waals surface area (Å²) in [6.07, 6.45) is 1.07. The fourth-order valence-electron chi connectivity index (χ4n) is 3.45. The summed E-state index contributed by atoms with van der Waals surface area (Å²) in [6.45, 7) is 7.13. The maximum absolute atomic E-state index is 13.6. The van der Waals surface area contributed by atoms with Crippen molar-refractivity contribution in [3.8, 4) is 5.75 Å². The van der Waals surface area contributed by atoms with Gasteiger partial charge in [-0.15, -0.1) is 0 Å². The summed E-state index contributed by atoms with van der Waals surface area (Å²) in [4.78, 5) is 12.4. The van der Waals surface area contributed by atoms with Crippen LogP contribution in [-0.2, 0) is 22.0 Å². The molecule has 0 spiro atoms. The smallest absolute Gasteiger partial charge is 0.251 e. The molecule has 8 heteroatoms. The highest BCUT2D eigenvalue weighted by Gasteiger charge is 2.19. The molecule has 0 saturated carbocycles. The molecule has 0 aromatic heterocycles. The number of benzene rings is 3. The van der Waals surface area contributed by atoms with Gasteiger partial charge in [-0.05, 0) is 59.0 Å². The zero-order valence-electron chi connectivity index (χ0n) is 20.4. The number of carbonyl (C=O) groups is 1. The summed E-state index contributed by atoms with van der Waals surface area (Å²) in [6, 6.07) is 20.0. The molecule has 3 aromatic rings. The van der Waals surface area contributed by atoms with Gasteiger partial charge in [-0.3, -0.25) is 9.10 Å². The van der Waals surface area contributed by atoms with Crippen LogP contribution in [0.3, 0.4) is 0 Å². The van der Waals surface area contributed by atoms with Crippen molar-refractivity contribution >= 4 is 21.6 Å². The van der Waals surface area contributed by atoms with Crippen LogP contribution in [0.2, 0.25) is 0 Å². The first-order chi connectivity index (χ1) is 16.4. The number of sulfonamides is 1. The molecule has 35 heavy (non-hydrogen) atoms. The minimum absolute atomic E-state index is 0.0199. The summed E-state index contributed by atoms with van der Waals surface area (Å²) in [7, 11) is -3.63. The topological polar surface area (TPSA) is 75.7 Å². The Kier molecular flexibility index (Phi) is 8.17. The molecule has 0 fully saturated rings. The Balaban J connectivity index is 1.53. The SMILES string of the molecule is CC(C)(C)c1ccc(OCCNC(=O)c2ccc(CN(c3cccc(F)c3)S(C)(=O)=O)cc2)cc1. The van der Waals surface area contributed by atoms with Crippen molar-refractivity contribution in [2.75, 3.05) is 23.7 Å². The molecule has 6 nitrogen and oxygen atoms in total. The van der Waals surface area contributed by atoms with Crippen LogP contribution < -0.4 is 14.4 Å². The Bertz CT molecular complexity index is 1250. The van der Waals surface area contributed by atoms with Crippen molar-refractivity contribution in [1.82, 2.24) is 5.32 Å². The monoisotopic (exact) mass is 498 g/mol. The third kappa shape index (κ3) is 7.55. The van der Waals surface area contributed by atoms with E-state index in [1.807, 2.05) is 24.3 Å². The summed E-state index contributed by atoms with van der Waals surface area (Å²) in [5.74, 6) is -0.0345. The molecule has 0 bridgehead atoms. The number of nitrogens with one attached hydrogen (secondary N) is 1. The van der Waals surface area contributed by atoms with Crippen LogP contribution >= 0.6 is 0 Å². The molecule has 186 valence electrons. The van der Waals surface area contributed by atoms with E-state index < -0.39 is 15.8 Å². The van der Waals surface area contributed by atoms with Gasteiger partial charge in [-0.2, -0.15) is 0 Å². The Labute approximate surface area is 206 Å². The first-order valence-corrected chi connectivity index (χ1v) is 13.1. The first-order valence-electron chi connectivity index (χ1n) is 11.3. The number of hydrogen-bond donors (Lipinski definition) is 1. The van der Waals surface area contributed by atoms with E-state index in [1.165, 1.54) is 29.8 Å². The average molecular weight is 499 g/mol. The molecule has 0 aliphatic rings. The minimum Gasteiger partial charge on any atom is -0.492 e. The number of hydrogen-bond acceptors (Lipinski definition) is 4. The summed E-state index contributed by atoms with van der Waals surface area (Å²) < 4.78 is 44.9. The van der Waals surface area contributed by atoms with Crippen molar-refractivity contribution < 1.29 is 22.3 Å². The molecule has 0 radical (unpaired) electrons. The number of halogens is 1. The lowest BCUT2D eigenvalue weighted by molar-refractivity contribution is 0.0947. The second kappa shape index (κ2) is 10.9. The van der Waals surface area contributed by atoms with Gasteiger partial charge >= 0.3 is 0 Å². The number of carbonyl (C=O) groups excluding carboxylic acids is 1. The quantitative estimate of drug-likeness (QED) is 0.426. The maximum atomic E-state index is 13.6. The van der Waals surface area contributed by atoms with Crippen molar-refractivity contribution in [3.05, 3.63) is 95.3 Å². The summed E-state index contributed by atoms with van der Waals surface area (Å²) >= 11 is 0. The molecule has 1 N–H and O–H groups in total. The number of ether oxygens (including phenoxy) is 1. The number of rotatable bonds is 9. The standard InChI is InChI=1S/C27H31FN2O4S/c1-27(2,3)22-12-14-25(15-13-22)34-17-16-29-26(31)21-10-8-20(9-11-21)19-30(35(4,32)33)24-7-5-6-23(28)18-24/h5-15,18H,16-17,19H2,1-4H3,(H,29,31). The van der Waals surface area contributed by atoms with Crippen molar-refractivity contribution in [2.24, 2.45) is 0 Å². The second-order valence-corrected chi connectivity index (χ2v) is 11.2. The van der Waals surface area contributed by atoms with E-state index in [9.17, 15) is 17.6 Å². The number of amides is 1. The molecule has 1 amide bonds. The molecule has 0 saturated heterocycles. The van der Waals surface area contributed by atoms with Crippen LogP contribution in [0.5, 0.6) is 5.75 Å². The van der Waals surface area contributed by atoms with Crippen LogP contribution in [0.1, 0.15) is 42.3 Å². The lowest BCUT2D eigenvalue weighted by Gasteiger charge is -2.22. The van der Waals surface area contributed by atoms with Gasteiger partial charge in [-0.25, -0.2) is 12.8 Å². The van der Waals surface area contributed by atoms with Crippen LogP contribution in [0.25, 0.3) is 0 Å². The van der Waals surface area contributed by atoms with Gasteiger partial charge in [-0.1, -0.05) is 51.1 Å². The van der Waals surface area contributed by atoms with Crippen LogP contribution in [0.15, 0.2) is 72.8 Å². The van der Waals surface area contributed by atoms with Gasteiger partial charge in [0.2, 0.25) is 10.0 Å². The van der Waals surface area contributed by atoms with Crippen LogP contribution in [0.4, 0.5) is 10.1 Å². The maximum Gasteiger partial charge on any atom is 0.251 e. The molecule has 0 aliphatic carbocycles. The van der Waals surface area contributed by atoms with Crippen LogP contribution in [-0.4, -0.2) is 33.7 Å². The predicted molar refractivity (Wildman–Crippen MR) is 137 cm³/mol. The third-order valence-electron chi connectivity index (χ3n) is 5.42. The Morgan fingerprint density at radius 2 is 1.66 bits per heavy atom. The van der Waals surface area contributed by atoms with Gasteiger partial charge in [0.1, 0.15) is 18.2 Å². The van der Waals surface area contributed by atoms with E-state index in [0.717, 1.165) is 16.3 Å². The highest BCUT2D eigenvalue weighted by Crippen LogP contribution is 2.24. The van der Waals surface area contributed by atoms with Gasteiger partial charge in [0.25, 0.3) is 5.91 Å². The predicted octanol–water partition coefficient (Wildman–Crippen LogP) is 4.90. The van der Waals surface area contributed by atoms with E-state index in [2.05, 4.69) is 26.1 Å². The molecule has 3 aromatic carbocycles. The molecular weight excluding hydrogens is 467 g/mol.